The second-order valence-electron chi connectivity index (χ2n) is 5.84. The fourth-order valence-electron chi connectivity index (χ4n) is 3.02. The molecule has 3 nitrogen and oxygen atoms in total. The molecule has 1 saturated heterocycles. The third-order valence-corrected chi connectivity index (χ3v) is 4.10. The van der Waals surface area contributed by atoms with Crippen LogP contribution in [0, 0.1) is 23.1 Å². The molecule has 0 atom stereocenters. The second-order valence-corrected chi connectivity index (χ2v) is 5.84. The molecule has 114 valence electrons. The van der Waals surface area contributed by atoms with Gasteiger partial charge in [0.2, 0.25) is 0 Å². The Labute approximate surface area is 126 Å². The van der Waals surface area contributed by atoms with Gasteiger partial charge in [-0.05, 0) is 68.6 Å². The SMILES string of the molecule is CCCN(Cc1cc(F)ccc1C#N)CC1CCNCC1. The number of benzene rings is 1. The summed E-state index contributed by atoms with van der Waals surface area (Å²) >= 11 is 0. The normalized spacial score (nSPS) is 16.1. The number of hydrogen-bond donors (Lipinski definition) is 1. The molecule has 1 N–H and O–H groups in total. The molecule has 0 spiro atoms. The highest BCUT2D eigenvalue weighted by Gasteiger charge is 2.18. The standard InChI is InChI=1S/C17H24FN3/c1-2-9-21(12-14-5-7-20-8-6-14)13-16-10-17(18)4-3-15(16)11-19/h3-4,10,14,20H,2,5-9,12-13H2,1H3. The molecule has 1 heterocycles. The summed E-state index contributed by atoms with van der Waals surface area (Å²) in [5.74, 6) is 0.444. The number of nitrogens with one attached hydrogen (secondary N) is 1. The van der Waals surface area contributed by atoms with E-state index in [0.29, 0.717) is 18.0 Å². The van der Waals surface area contributed by atoms with Crippen molar-refractivity contribution in [1.82, 2.24) is 10.2 Å². The highest BCUT2D eigenvalue weighted by Crippen LogP contribution is 2.18. The molecule has 4 heteroatoms. The molecule has 0 amide bonds. The van der Waals surface area contributed by atoms with Crippen molar-refractivity contribution in [3.05, 3.63) is 35.1 Å². The van der Waals surface area contributed by atoms with Crippen LogP contribution < -0.4 is 5.32 Å². The predicted octanol–water partition coefficient (Wildman–Crippen LogP) is 2.91. The van der Waals surface area contributed by atoms with Crippen LogP contribution >= 0.6 is 0 Å². The van der Waals surface area contributed by atoms with Gasteiger partial charge >= 0.3 is 0 Å². The Kier molecular flexibility index (Phi) is 6.16. The van der Waals surface area contributed by atoms with E-state index in [4.69, 9.17) is 0 Å². The molecule has 1 aromatic carbocycles. The van der Waals surface area contributed by atoms with E-state index >= 15 is 0 Å². The molecule has 2 rings (SSSR count). The summed E-state index contributed by atoms with van der Waals surface area (Å²) in [5, 5.41) is 12.6. The fraction of sp³-hybridized carbons (Fsp3) is 0.588. The van der Waals surface area contributed by atoms with Gasteiger partial charge in [0.05, 0.1) is 11.6 Å². The Morgan fingerprint density at radius 1 is 1.38 bits per heavy atom. The zero-order valence-electron chi connectivity index (χ0n) is 12.7. The average molecular weight is 289 g/mol. The quantitative estimate of drug-likeness (QED) is 0.875. The molecular weight excluding hydrogens is 265 g/mol. The summed E-state index contributed by atoms with van der Waals surface area (Å²) in [5.41, 5.74) is 1.39. The zero-order valence-corrected chi connectivity index (χ0v) is 12.7. The molecule has 0 aromatic heterocycles. The maximum Gasteiger partial charge on any atom is 0.123 e. The predicted molar refractivity (Wildman–Crippen MR) is 82.3 cm³/mol. The summed E-state index contributed by atoms with van der Waals surface area (Å²) in [6.45, 7) is 7.04. The minimum atomic E-state index is -0.262. The summed E-state index contributed by atoms with van der Waals surface area (Å²) in [6.07, 6.45) is 3.48. The molecule has 1 aliphatic rings. The van der Waals surface area contributed by atoms with Crippen molar-refractivity contribution in [3.8, 4) is 6.07 Å². The third kappa shape index (κ3) is 4.80. The Balaban J connectivity index is 2.04. The summed E-state index contributed by atoms with van der Waals surface area (Å²) in [6, 6.07) is 6.62. The maximum atomic E-state index is 13.4. The molecule has 1 fully saturated rings. The number of halogens is 1. The van der Waals surface area contributed by atoms with Gasteiger partial charge in [0.15, 0.2) is 0 Å². The lowest BCUT2D eigenvalue weighted by Gasteiger charge is -2.30. The van der Waals surface area contributed by atoms with Crippen LogP contribution in [0.5, 0.6) is 0 Å². The highest BCUT2D eigenvalue weighted by molar-refractivity contribution is 5.37. The first-order chi connectivity index (χ1) is 10.2. The minimum Gasteiger partial charge on any atom is -0.317 e. The van der Waals surface area contributed by atoms with Gasteiger partial charge in [-0.1, -0.05) is 6.92 Å². The van der Waals surface area contributed by atoms with E-state index in [9.17, 15) is 9.65 Å². The molecule has 0 bridgehead atoms. The largest absolute Gasteiger partial charge is 0.317 e. The first kappa shape index (κ1) is 15.9. The zero-order chi connectivity index (χ0) is 15.1. The van der Waals surface area contributed by atoms with E-state index in [1.54, 1.807) is 6.07 Å². The van der Waals surface area contributed by atoms with Crippen LogP contribution in [0.1, 0.15) is 37.3 Å². The van der Waals surface area contributed by atoms with Crippen molar-refractivity contribution in [1.29, 1.82) is 5.26 Å². The molecule has 21 heavy (non-hydrogen) atoms. The molecular formula is C17H24FN3. The number of hydrogen-bond acceptors (Lipinski definition) is 3. The molecule has 0 radical (unpaired) electrons. The monoisotopic (exact) mass is 289 g/mol. The van der Waals surface area contributed by atoms with Gasteiger partial charge in [-0.3, -0.25) is 4.90 Å². The van der Waals surface area contributed by atoms with E-state index in [-0.39, 0.29) is 5.82 Å². The van der Waals surface area contributed by atoms with Crippen molar-refractivity contribution in [3.63, 3.8) is 0 Å². The van der Waals surface area contributed by atoms with E-state index in [2.05, 4.69) is 23.2 Å². The van der Waals surface area contributed by atoms with E-state index in [0.717, 1.165) is 38.2 Å². The van der Waals surface area contributed by atoms with Crippen LogP contribution in [-0.4, -0.2) is 31.1 Å². The lowest BCUT2D eigenvalue weighted by Crippen LogP contribution is -2.36. The molecule has 1 aliphatic heterocycles. The smallest absolute Gasteiger partial charge is 0.123 e. The first-order valence-electron chi connectivity index (χ1n) is 7.84. The number of rotatable bonds is 6. The summed E-state index contributed by atoms with van der Waals surface area (Å²) in [7, 11) is 0. The van der Waals surface area contributed by atoms with Gasteiger partial charge in [0.25, 0.3) is 0 Å². The first-order valence-corrected chi connectivity index (χ1v) is 7.84. The Morgan fingerprint density at radius 2 is 2.14 bits per heavy atom. The van der Waals surface area contributed by atoms with Crippen LogP contribution in [0.2, 0.25) is 0 Å². The molecule has 1 aromatic rings. The Morgan fingerprint density at radius 3 is 2.81 bits per heavy atom. The fourth-order valence-corrected chi connectivity index (χ4v) is 3.02. The lowest BCUT2D eigenvalue weighted by atomic mass is 9.97. The van der Waals surface area contributed by atoms with Crippen LogP contribution in [0.3, 0.4) is 0 Å². The summed E-state index contributed by atoms with van der Waals surface area (Å²) < 4.78 is 13.4. The Bertz CT molecular complexity index is 489. The van der Waals surface area contributed by atoms with E-state index in [1.807, 2.05) is 0 Å². The van der Waals surface area contributed by atoms with Gasteiger partial charge in [0.1, 0.15) is 5.82 Å². The number of nitriles is 1. The summed E-state index contributed by atoms with van der Waals surface area (Å²) in [4.78, 5) is 2.37. The number of piperidine rings is 1. The minimum absolute atomic E-state index is 0.262. The van der Waals surface area contributed by atoms with Crippen LogP contribution in [-0.2, 0) is 6.54 Å². The van der Waals surface area contributed by atoms with Gasteiger partial charge in [0, 0.05) is 13.1 Å². The van der Waals surface area contributed by atoms with Gasteiger partial charge in [-0.15, -0.1) is 0 Å². The number of nitrogens with zero attached hydrogens (tertiary/aromatic N) is 2. The lowest BCUT2D eigenvalue weighted by molar-refractivity contribution is 0.198. The van der Waals surface area contributed by atoms with Crippen molar-refractivity contribution < 1.29 is 4.39 Å². The average Bonchev–Trinajstić information content (AvgIpc) is 2.49. The van der Waals surface area contributed by atoms with Crippen molar-refractivity contribution in [2.45, 2.75) is 32.7 Å². The second kappa shape index (κ2) is 8.11. The van der Waals surface area contributed by atoms with Crippen molar-refractivity contribution in [2.75, 3.05) is 26.2 Å². The van der Waals surface area contributed by atoms with Crippen LogP contribution in [0.15, 0.2) is 18.2 Å². The highest BCUT2D eigenvalue weighted by atomic mass is 19.1. The van der Waals surface area contributed by atoms with Gasteiger partial charge in [-0.25, -0.2) is 4.39 Å². The molecule has 0 aliphatic carbocycles. The van der Waals surface area contributed by atoms with Crippen molar-refractivity contribution >= 4 is 0 Å². The van der Waals surface area contributed by atoms with Gasteiger partial charge < -0.3 is 5.32 Å². The third-order valence-electron chi connectivity index (χ3n) is 4.10. The van der Waals surface area contributed by atoms with Crippen molar-refractivity contribution in [2.24, 2.45) is 5.92 Å². The van der Waals surface area contributed by atoms with E-state index in [1.165, 1.54) is 25.0 Å². The van der Waals surface area contributed by atoms with E-state index < -0.39 is 0 Å². The van der Waals surface area contributed by atoms with Crippen LogP contribution in [0.4, 0.5) is 4.39 Å². The topological polar surface area (TPSA) is 39.1 Å². The molecule has 0 unspecified atom stereocenters. The molecule has 0 saturated carbocycles. The maximum absolute atomic E-state index is 13.4. The van der Waals surface area contributed by atoms with Crippen LogP contribution in [0.25, 0.3) is 0 Å². The van der Waals surface area contributed by atoms with Gasteiger partial charge in [-0.2, -0.15) is 5.26 Å². The Hall–Kier alpha value is -1.44.